The minimum Gasteiger partial charge on any atom is -0.497 e. The van der Waals surface area contributed by atoms with Crippen molar-refractivity contribution in [3.63, 3.8) is 0 Å². The van der Waals surface area contributed by atoms with Crippen LogP contribution in [0.25, 0.3) is 22.4 Å². The molecule has 0 spiro atoms. The van der Waals surface area contributed by atoms with Crippen LogP contribution in [0, 0.1) is 11.3 Å². The van der Waals surface area contributed by atoms with Crippen molar-refractivity contribution in [2.75, 3.05) is 12.5 Å². The van der Waals surface area contributed by atoms with Crippen molar-refractivity contribution in [2.24, 2.45) is 5.84 Å². The van der Waals surface area contributed by atoms with Gasteiger partial charge in [-0.2, -0.15) is 5.26 Å². The minimum atomic E-state index is 0.352. The smallest absolute Gasteiger partial charge is 0.159 e. The third-order valence-electron chi connectivity index (χ3n) is 3.74. The number of rotatable bonds is 4. The predicted octanol–water partition coefficient (Wildman–Crippen LogP) is 3.58. The Labute approximate surface area is 140 Å². The van der Waals surface area contributed by atoms with E-state index in [1.165, 1.54) is 0 Å². The van der Waals surface area contributed by atoms with Gasteiger partial charge in [-0.1, -0.05) is 42.5 Å². The fourth-order valence-electron chi connectivity index (χ4n) is 2.52. The predicted molar refractivity (Wildman–Crippen MR) is 94.2 cm³/mol. The lowest BCUT2D eigenvalue weighted by Gasteiger charge is -2.12. The fourth-order valence-corrected chi connectivity index (χ4v) is 2.52. The summed E-state index contributed by atoms with van der Waals surface area (Å²) >= 11 is 0. The highest BCUT2D eigenvalue weighted by molar-refractivity contribution is 5.80. The number of hydrogen-bond donors (Lipinski definition) is 2. The molecular formula is C19H16N4O. The molecular weight excluding hydrogens is 300 g/mol. The van der Waals surface area contributed by atoms with Gasteiger partial charge >= 0.3 is 0 Å². The van der Waals surface area contributed by atoms with Gasteiger partial charge in [-0.05, 0) is 23.8 Å². The van der Waals surface area contributed by atoms with Gasteiger partial charge in [0.15, 0.2) is 5.82 Å². The normalized spacial score (nSPS) is 10.0. The lowest BCUT2D eigenvalue weighted by atomic mass is 9.98. The number of nitrogen functional groups attached to an aromatic ring is 1. The summed E-state index contributed by atoms with van der Waals surface area (Å²) < 4.78 is 5.19. The molecule has 0 atom stereocenters. The summed E-state index contributed by atoms with van der Waals surface area (Å²) in [6.07, 6.45) is 0. The Morgan fingerprint density at radius 1 is 1.04 bits per heavy atom. The van der Waals surface area contributed by atoms with E-state index in [0.717, 1.165) is 28.1 Å². The molecule has 0 unspecified atom stereocenters. The van der Waals surface area contributed by atoms with Gasteiger partial charge in [0.2, 0.25) is 0 Å². The van der Waals surface area contributed by atoms with Crippen molar-refractivity contribution in [2.45, 2.75) is 0 Å². The third-order valence-corrected chi connectivity index (χ3v) is 3.74. The molecule has 0 aliphatic rings. The highest BCUT2D eigenvalue weighted by Crippen LogP contribution is 2.32. The molecule has 0 bridgehead atoms. The maximum absolute atomic E-state index is 9.54. The average Bonchev–Trinajstić information content (AvgIpc) is 2.67. The number of nitriles is 1. The van der Waals surface area contributed by atoms with E-state index in [9.17, 15) is 5.26 Å². The molecule has 0 amide bonds. The molecule has 0 aliphatic heterocycles. The topological polar surface area (TPSA) is 84.0 Å². The molecule has 0 radical (unpaired) electrons. The molecule has 24 heavy (non-hydrogen) atoms. The van der Waals surface area contributed by atoms with E-state index < -0.39 is 0 Å². The van der Waals surface area contributed by atoms with Crippen molar-refractivity contribution >= 4 is 5.82 Å². The van der Waals surface area contributed by atoms with Crippen LogP contribution in [0.4, 0.5) is 5.82 Å². The lowest BCUT2D eigenvalue weighted by molar-refractivity contribution is 0.415. The van der Waals surface area contributed by atoms with Gasteiger partial charge in [-0.3, -0.25) is 0 Å². The van der Waals surface area contributed by atoms with Crippen LogP contribution in [0.1, 0.15) is 5.56 Å². The second-order valence-electron chi connectivity index (χ2n) is 5.13. The number of anilines is 1. The molecule has 1 aromatic heterocycles. The molecule has 3 rings (SSSR count). The molecule has 3 aromatic rings. The van der Waals surface area contributed by atoms with Crippen LogP contribution in [0.15, 0.2) is 60.7 Å². The Kier molecular flexibility index (Phi) is 4.41. The molecule has 5 nitrogen and oxygen atoms in total. The maximum atomic E-state index is 9.54. The Hall–Kier alpha value is -3.36. The summed E-state index contributed by atoms with van der Waals surface area (Å²) in [6, 6.07) is 21.4. The Balaban J connectivity index is 2.21. The molecule has 3 N–H and O–H groups in total. The Bertz CT molecular complexity index is 884. The van der Waals surface area contributed by atoms with Crippen LogP contribution in [0.3, 0.4) is 0 Å². The molecule has 2 aromatic carbocycles. The number of ether oxygens (including phenoxy) is 1. The zero-order chi connectivity index (χ0) is 16.9. The van der Waals surface area contributed by atoms with Crippen molar-refractivity contribution < 1.29 is 4.74 Å². The van der Waals surface area contributed by atoms with E-state index in [2.05, 4.69) is 16.5 Å². The van der Waals surface area contributed by atoms with Gasteiger partial charge in [-0.25, -0.2) is 10.8 Å². The number of benzene rings is 2. The van der Waals surface area contributed by atoms with E-state index >= 15 is 0 Å². The van der Waals surface area contributed by atoms with Gasteiger partial charge < -0.3 is 10.2 Å². The summed E-state index contributed by atoms with van der Waals surface area (Å²) in [7, 11) is 1.62. The van der Waals surface area contributed by atoms with Crippen molar-refractivity contribution in [1.29, 1.82) is 5.26 Å². The number of pyridine rings is 1. The Morgan fingerprint density at radius 3 is 2.33 bits per heavy atom. The number of hydrazine groups is 1. The van der Waals surface area contributed by atoms with Crippen LogP contribution in [-0.2, 0) is 0 Å². The van der Waals surface area contributed by atoms with Crippen LogP contribution in [-0.4, -0.2) is 12.1 Å². The van der Waals surface area contributed by atoms with Gasteiger partial charge in [0.05, 0.1) is 12.8 Å². The minimum absolute atomic E-state index is 0.352. The first-order valence-electron chi connectivity index (χ1n) is 7.38. The van der Waals surface area contributed by atoms with E-state index in [-0.39, 0.29) is 0 Å². The Morgan fingerprint density at radius 2 is 1.75 bits per heavy atom. The molecule has 0 fully saturated rings. The number of hydrogen-bond acceptors (Lipinski definition) is 5. The van der Waals surface area contributed by atoms with E-state index in [4.69, 9.17) is 10.6 Å². The van der Waals surface area contributed by atoms with Gasteiger partial charge in [0.25, 0.3) is 0 Å². The molecule has 118 valence electrons. The van der Waals surface area contributed by atoms with Gasteiger partial charge in [-0.15, -0.1) is 0 Å². The second-order valence-corrected chi connectivity index (χ2v) is 5.13. The number of aromatic nitrogens is 1. The first-order chi connectivity index (χ1) is 11.8. The monoisotopic (exact) mass is 316 g/mol. The van der Waals surface area contributed by atoms with Crippen molar-refractivity contribution in [3.8, 4) is 34.2 Å². The standard InChI is InChI=1S/C19H16N4O/c1-24-15-9-7-13(8-10-15)16-11-18(14-5-3-2-4-6-14)22-19(23-21)17(16)12-20/h2-11H,21H2,1H3,(H,22,23). The molecule has 0 aliphatic carbocycles. The summed E-state index contributed by atoms with van der Waals surface area (Å²) in [5.74, 6) is 6.69. The summed E-state index contributed by atoms with van der Waals surface area (Å²) in [5, 5.41) is 9.54. The molecule has 0 saturated heterocycles. The second kappa shape index (κ2) is 6.82. The maximum Gasteiger partial charge on any atom is 0.159 e. The first kappa shape index (κ1) is 15.5. The molecule has 1 heterocycles. The van der Waals surface area contributed by atoms with Gasteiger partial charge in [0.1, 0.15) is 17.4 Å². The first-order valence-corrected chi connectivity index (χ1v) is 7.38. The van der Waals surface area contributed by atoms with Crippen molar-refractivity contribution in [1.82, 2.24) is 4.98 Å². The number of nitrogens with two attached hydrogens (primary N) is 1. The van der Waals surface area contributed by atoms with Crippen molar-refractivity contribution in [3.05, 3.63) is 66.2 Å². The fraction of sp³-hybridized carbons (Fsp3) is 0.0526. The highest BCUT2D eigenvalue weighted by atomic mass is 16.5. The highest BCUT2D eigenvalue weighted by Gasteiger charge is 2.14. The summed E-state index contributed by atoms with van der Waals surface area (Å²) in [4.78, 5) is 4.47. The summed E-state index contributed by atoms with van der Waals surface area (Å²) in [6.45, 7) is 0. The number of nitrogens with one attached hydrogen (secondary N) is 1. The van der Waals surface area contributed by atoms with E-state index in [0.29, 0.717) is 11.4 Å². The van der Waals surface area contributed by atoms with E-state index in [1.807, 2.05) is 60.7 Å². The molecule has 5 heteroatoms. The molecule has 0 saturated carbocycles. The number of methoxy groups -OCH3 is 1. The van der Waals surface area contributed by atoms with Gasteiger partial charge in [0, 0.05) is 11.1 Å². The van der Waals surface area contributed by atoms with Crippen LogP contribution >= 0.6 is 0 Å². The van der Waals surface area contributed by atoms with E-state index in [1.54, 1.807) is 7.11 Å². The van der Waals surface area contributed by atoms with Crippen LogP contribution in [0.5, 0.6) is 5.75 Å². The third kappa shape index (κ3) is 2.91. The quantitative estimate of drug-likeness (QED) is 0.568. The SMILES string of the molecule is COc1ccc(-c2cc(-c3ccccc3)nc(NN)c2C#N)cc1. The lowest BCUT2D eigenvalue weighted by Crippen LogP contribution is -2.11. The summed E-state index contributed by atoms with van der Waals surface area (Å²) in [5.41, 5.74) is 6.29. The van der Waals surface area contributed by atoms with Crippen LogP contribution in [0.2, 0.25) is 0 Å². The zero-order valence-corrected chi connectivity index (χ0v) is 13.2. The number of nitrogens with zero attached hydrogens (tertiary/aromatic N) is 2. The zero-order valence-electron chi connectivity index (χ0n) is 13.2. The van der Waals surface area contributed by atoms with Crippen LogP contribution < -0.4 is 16.0 Å². The largest absolute Gasteiger partial charge is 0.497 e. The average molecular weight is 316 g/mol.